The Kier molecular flexibility index (Phi) is 3.16. The number of benzene rings is 2. The maximum atomic E-state index is 13.5. The van der Waals surface area contributed by atoms with Gasteiger partial charge in [0, 0.05) is 11.8 Å². The minimum absolute atomic E-state index is 0.128. The molecule has 0 saturated heterocycles. The number of nitriles is 1. The molecule has 0 atom stereocenters. The number of rotatable bonds is 2. The van der Waals surface area contributed by atoms with Crippen LogP contribution in [-0.2, 0) is 0 Å². The number of hydrogen-bond acceptors (Lipinski definition) is 3. The van der Waals surface area contributed by atoms with Gasteiger partial charge in [-0.15, -0.1) is 0 Å². The lowest BCUT2D eigenvalue weighted by molar-refractivity contribution is 0.442. The predicted octanol–water partition coefficient (Wildman–Crippen LogP) is 3.38. The number of aryl methyl sites for hydroxylation is 1. The van der Waals surface area contributed by atoms with Gasteiger partial charge in [-0.1, -0.05) is 6.07 Å². The fourth-order valence-corrected chi connectivity index (χ4v) is 1.51. The van der Waals surface area contributed by atoms with E-state index in [1.54, 1.807) is 24.3 Å². The summed E-state index contributed by atoms with van der Waals surface area (Å²) in [6, 6.07) is 11.2. The molecule has 18 heavy (non-hydrogen) atoms. The van der Waals surface area contributed by atoms with E-state index < -0.39 is 5.82 Å². The SMILES string of the molecule is Cc1ccc(F)c(Oc2ccc(N)c(C#N)c2)c1. The lowest BCUT2D eigenvalue weighted by Gasteiger charge is -2.08. The first-order valence-corrected chi connectivity index (χ1v) is 5.34. The molecule has 2 rings (SSSR count). The summed E-state index contributed by atoms with van der Waals surface area (Å²) in [5.41, 5.74) is 7.16. The summed E-state index contributed by atoms with van der Waals surface area (Å²) in [7, 11) is 0. The third-order valence-corrected chi connectivity index (χ3v) is 2.46. The van der Waals surface area contributed by atoms with Gasteiger partial charge in [-0.05, 0) is 36.8 Å². The summed E-state index contributed by atoms with van der Waals surface area (Å²) in [5, 5.41) is 8.85. The lowest BCUT2D eigenvalue weighted by Crippen LogP contribution is -1.93. The van der Waals surface area contributed by atoms with Gasteiger partial charge in [0.25, 0.3) is 0 Å². The molecule has 3 nitrogen and oxygen atoms in total. The van der Waals surface area contributed by atoms with Gasteiger partial charge in [0.05, 0.1) is 5.56 Å². The van der Waals surface area contributed by atoms with Crippen LogP contribution in [0.1, 0.15) is 11.1 Å². The molecule has 2 aromatic carbocycles. The van der Waals surface area contributed by atoms with Crippen LogP contribution in [0, 0.1) is 24.1 Å². The highest BCUT2D eigenvalue weighted by molar-refractivity contribution is 5.57. The van der Waals surface area contributed by atoms with Crippen molar-refractivity contribution >= 4 is 5.69 Å². The van der Waals surface area contributed by atoms with Crippen LogP contribution in [0.15, 0.2) is 36.4 Å². The standard InChI is InChI=1S/C14H11FN2O/c1-9-2-4-12(15)14(6-9)18-11-3-5-13(17)10(7-11)8-16/h2-7H,17H2,1H3. The van der Waals surface area contributed by atoms with E-state index in [9.17, 15) is 4.39 Å². The van der Waals surface area contributed by atoms with E-state index in [1.807, 2.05) is 13.0 Å². The van der Waals surface area contributed by atoms with Crippen LogP contribution in [0.3, 0.4) is 0 Å². The van der Waals surface area contributed by atoms with Crippen molar-refractivity contribution in [1.82, 2.24) is 0 Å². The van der Waals surface area contributed by atoms with Crippen LogP contribution in [0.5, 0.6) is 11.5 Å². The minimum atomic E-state index is -0.448. The van der Waals surface area contributed by atoms with E-state index in [-0.39, 0.29) is 5.75 Å². The zero-order chi connectivity index (χ0) is 13.1. The first-order chi connectivity index (χ1) is 8.60. The van der Waals surface area contributed by atoms with Crippen molar-refractivity contribution in [3.8, 4) is 17.6 Å². The van der Waals surface area contributed by atoms with Crippen LogP contribution < -0.4 is 10.5 Å². The van der Waals surface area contributed by atoms with Gasteiger partial charge in [-0.3, -0.25) is 0 Å². The van der Waals surface area contributed by atoms with Gasteiger partial charge in [0.15, 0.2) is 11.6 Å². The Hall–Kier alpha value is -2.54. The Morgan fingerprint density at radius 1 is 1.22 bits per heavy atom. The van der Waals surface area contributed by atoms with Gasteiger partial charge in [-0.25, -0.2) is 4.39 Å². The number of halogens is 1. The Balaban J connectivity index is 2.34. The second kappa shape index (κ2) is 4.76. The molecule has 0 bridgehead atoms. The van der Waals surface area contributed by atoms with E-state index in [0.29, 0.717) is 17.0 Å². The van der Waals surface area contributed by atoms with Gasteiger partial charge < -0.3 is 10.5 Å². The number of nitrogens with two attached hydrogens (primary N) is 1. The van der Waals surface area contributed by atoms with Crippen molar-refractivity contribution in [2.75, 3.05) is 5.73 Å². The average molecular weight is 242 g/mol. The number of nitrogen functional groups attached to an aromatic ring is 1. The molecule has 0 aliphatic carbocycles. The molecular formula is C14H11FN2O. The first kappa shape index (κ1) is 11.9. The normalized spacial score (nSPS) is 9.83. The summed E-state index contributed by atoms with van der Waals surface area (Å²) >= 11 is 0. The number of ether oxygens (including phenoxy) is 1. The Bertz CT molecular complexity index is 632. The van der Waals surface area contributed by atoms with E-state index in [0.717, 1.165) is 5.56 Å². The minimum Gasteiger partial charge on any atom is -0.454 e. The van der Waals surface area contributed by atoms with Crippen LogP contribution >= 0.6 is 0 Å². The molecule has 4 heteroatoms. The van der Waals surface area contributed by atoms with Crippen molar-refractivity contribution < 1.29 is 9.13 Å². The van der Waals surface area contributed by atoms with Gasteiger partial charge in [0.2, 0.25) is 0 Å². The van der Waals surface area contributed by atoms with Crippen molar-refractivity contribution in [3.63, 3.8) is 0 Å². The highest BCUT2D eigenvalue weighted by Crippen LogP contribution is 2.27. The quantitative estimate of drug-likeness (QED) is 0.821. The summed E-state index contributed by atoms with van der Waals surface area (Å²) in [6.07, 6.45) is 0. The highest BCUT2D eigenvalue weighted by atomic mass is 19.1. The van der Waals surface area contributed by atoms with Gasteiger partial charge >= 0.3 is 0 Å². The summed E-state index contributed by atoms with van der Waals surface area (Å²) in [6.45, 7) is 1.84. The number of nitrogens with zero attached hydrogens (tertiary/aromatic N) is 1. The zero-order valence-corrected chi connectivity index (χ0v) is 9.77. The molecule has 0 fully saturated rings. The second-order valence-corrected chi connectivity index (χ2v) is 3.90. The molecule has 0 aromatic heterocycles. The fourth-order valence-electron chi connectivity index (χ4n) is 1.51. The van der Waals surface area contributed by atoms with Gasteiger partial charge in [0.1, 0.15) is 11.8 Å². The van der Waals surface area contributed by atoms with Gasteiger partial charge in [-0.2, -0.15) is 5.26 Å². The third-order valence-electron chi connectivity index (χ3n) is 2.46. The van der Waals surface area contributed by atoms with E-state index in [2.05, 4.69) is 0 Å². The zero-order valence-electron chi connectivity index (χ0n) is 9.77. The Labute approximate surface area is 104 Å². The molecule has 2 aromatic rings. The topological polar surface area (TPSA) is 59.0 Å². The largest absolute Gasteiger partial charge is 0.454 e. The Morgan fingerprint density at radius 2 is 2.00 bits per heavy atom. The first-order valence-electron chi connectivity index (χ1n) is 5.34. The maximum absolute atomic E-state index is 13.5. The highest BCUT2D eigenvalue weighted by Gasteiger charge is 2.07. The molecule has 0 aliphatic rings. The van der Waals surface area contributed by atoms with Crippen molar-refractivity contribution in [2.24, 2.45) is 0 Å². The van der Waals surface area contributed by atoms with Crippen LogP contribution in [0.4, 0.5) is 10.1 Å². The molecule has 0 saturated carbocycles. The van der Waals surface area contributed by atoms with Crippen LogP contribution in [-0.4, -0.2) is 0 Å². The third kappa shape index (κ3) is 2.41. The Morgan fingerprint density at radius 3 is 2.72 bits per heavy atom. The average Bonchev–Trinajstić information content (AvgIpc) is 2.36. The molecule has 0 spiro atoms. The monoisotopic (exact) mass is 242 g/mol. The van der Waals surface area contributed by atoms with E-state index in [1.165, 1.54) is 12.1 Å². The van der Waals surface area contributed by atoms with E-state index in [4.69, 9.17) is 15.7 Å². The molecule has 0 heterocycles. The van der Waals surface area contributed by atoms with Crippen LogP contribution in [0.25, 0.3) is 0 Å². The van der Waals surface area contributed by atoms with Crippen molar-refractivity contribution in [1.29, 1.82) is 5.26 Å². The number of anilines is 1. The maximum Gasteiger partial charge on any atom is 0.165 e. The molecule has 0 aliphatic heterocycles. The molecule has 0 amide bonds. The summed E-state index contributed by atoms with van der Waals surface area (Å²) in [4.78, 5) is 0. The fraction of sp³-hybridized carbons (Fsp3) is 0.0714. The molecule has 2 N–H and O–H groups in total. The summed E-state index contributed by atoms with van der Waals surface area (Å²) < 4.78 is 18.9. The van der Waals surface area contributed by atoms with Crippen molar-refractivity contribution in [2.45, 2.75) is 6.92 Å². The molecule has 0 unspecified atom stereocenters. The lowest BCUT2D eigenvalue weighted by atomic mass is 10.2. The predicted molar refractivity (Wildman–Crippen MR) is 66.8 cm³/mol. The molecular weight excluding hydrogens is 231 g/mol. The summed E-state index contributed by atoms with van der Waals surface area (Å²) in [5.74, 6) is 0.0600. The smallest absolute Gasteiger partial charge is 0.165 e. The second-order valence-electron chi connectivity index (χ2n) is 3.90. The van der Waals surface area contributed by atoms with Crippen LogP contribution in [0.2, 0.25) is 0 Å². The molecule has 90 valence electrons. The number of hydrogen-bond donors (Lipinski definition) is 1. The molecule has 0 radical (unpaired) electrons. The van der Waals surface area contributed by atoms with E-state index >= 15 is 0 Å². The van der Waals surface area contributed by atoms with Crippen molar-refractivity contribution in [3.05, 3.63) is 53.3 Å².